The minimum atomic E-state index is -1.11. The number of amides is 1. The first kappa shape index (κ1) is 58.3. The third-order valence-corrected chi connectivity index (χ3v) is 12.1. The molecule has 0 aromatic rings. The highest BCUT2D eigenvalue weighted by Gasteiger charge is 2.22. The molecule has 0 aliphatic heterocycles. The third kappa shape index (κ3) is 44.4. The van der Waals surface area contributed by atoms with E-state index < -0.39 is 24.2 Å². The Labute approximate surface area is 374 Å². The first-order chi connectivity index (χ1) is 29.6. The Morgan fingerprint density at radius 1 is 0.400 bits per heavy atom. The van der Waals surface area contributed by atoms with Crippen LogP contribution in [-0.4, -0.2) is 46.1 Å². The average molecular weight is 842 g/mol. The molecular weight excluding hydrogens is 739 g/mol. The number of hydrogen-bond acceptors (Lipinski definition) is 4. The van der Waals surface area contributed by atoms with Crippen LogP contribution in [0.1, 0.15) is 271 Å². The molecule has 352 valence electrons. The lowest BCUT2D eigenvalue weighted by Crippen LogP contribution is -2.48. The molecule has 4 N–H and O–H groups in total. The number of allylic oxidation sites excluding steroid dienone is 7. The molecule has 0 aliphatic rings. The van der Waals surface area contributed by atoms with Crippen molar-refractivity contribution >= 4 is 5.91 Å². The van der Waals surface area contributed by atoms with Crippen LogP contribution in [0.3, 0.4) is 0 Å². The maximum atomic E-state index is 12.5. The van der Waals surface area contributed by atoms with Crippen molar-refractivity contribution in [1.82, 2.24) is 5.32 Å². The van der Waals surface area contributed by atoms with E-state index in [9.17, 15) is 20.1 Å². The number of carbonyl (C=O) groups is 1. The van der Waals surface area contributed by atoms with Crippen molar-refractivity contribution in [1.29, 1.82) is 0 Å². The second-order valence-corrected chi connectivity index (χ2v) is 18.1. The van der Waals surface area contributed by atoms with E-state index in [1.165, 1.54) is 205 Å². The standard InChI is InChI=1S/C55H103NO4/c1-3-5-7-9-11-13-15-17-19-20-21-22-23-24-25-26-27-28-29-30-31-32-33-34-36-38-40-42-44-46-48-50-54(59)55(60)56-52(51-57)53(58)49-47-45-43-41-39-37-35-18-16-14-12-10-8-6-4-2/h16,18,24-25,39,41,47,49,52-54,57-59H,3-15,17,19-23,26-38,40,42-46,48,50-51H2,1-2H3,(H,56,60)/b18-16+,25-24-,41-39+,49-47+. The van der Waals surface area contributed by atoms with Crippen LogP contribution in [0, 0.1) is 0 Å². The molecule has 0 spiro atoms. The summed E-state index contributed by atoms with van der Waals surface area (Å²) in [7, 11) is 0. The molecular formula is C55H103NO4. The molecule has 5 heteroatoms. The van der Waals surface area contributed by atoms with Crippen molar-refractivity contribution < 1.29 is 20.1 Å². The summed E-state index contributed by atoms with van der Waals surface area (Å²) in [5, 5.41) is 33.2. The number of nitrogens with one attached hydrogen (secondary N) is 1. The van der Waals surface area contributed by atoms with Crippen molar-refractivity contribution in [2.45, 2.75) is 289 Å². The van der Waals surface area contributed by atoms with E-state index in [1.807, 2.05) is 6.08 Å². The fourth-order valence-corrected chi connectivity index (χ4v) is 7.98. The second kappa shape index (κ2) is 50.0. The van der Waals surface area contributed by atoms with Gasteiger partial charge < -0.3 is 20.6 Å². The van der Waals surface area contributed by atoms with Gasteiger partial charge in [0.15, 0.2) is 0 Å². The highest BCUT2D eigenvalue weighted by atomic mass is 16.3. The second-order valence-electron chi connectivity index (χ2n) is 18.1. The number of hydrogen-bond donors (Lipinski definition) is 4. The largest absolute Gasteiger partial charge is 0.394 e. The van der Waals surface area contributed by atoms with E-state index in [1.54, 1.807) is 6.08 Å². The van der Waals surface area contributed by atoms with Crippen LogP contribution in [0.15, 0.2) is 48.6 Å². The monoisotopic (exact) mass is 842 g/mol. The number of carbonyl (C=O) groups excluding carboxylic acids is 1. The van der Waals surface area contributed by atoms with Gasteiger partial charge in [-0.3, -0.25) is 4.79 Å². The van der Waals surface area contributed by atoms with Gasteiger partial charge in [0.05, 0.1) is 18.8 Å². The zero-order chi connectivity index (χ0) is 43.7. The summed E-state index contributed by atoms with van der Waals surface area (Å²) in [5.41, 5.74) is 0. The normalized spacial score (nSPS) is 13.8. The van der Waals surface area contributed by atoms with Crippen LogP contribution >= 0.6 is 0 Å². The van der Waals surface area contributed by atoms with Gasteiger partial charge in [0.2, 0.25) is 5.91 Å². The third-order valence-electron chi connectivity index (χ3n) is 12.1. The van der Waals surface area contributed by atoms with Crippen LogP contribution in [0.4, 0.5) is 0 Å². The molecule has 0 heterocycles. The fourth-order valence-electron chi connectivity index (χ4n) is 7.98. The Morgan fingerprint density at radius 3 is 1.02 bits per heavy atom. The number of aliphatic hydroxyl groups is 3. The minimum absolute atomic E-state index is 0.381. The predicted molar refractivity (Wildman–Crippen MR) is 264 cm³/mol. The van der Waals surface area contributed by atoms with Crippen molar-refractivity contribution in [2.24, 2.45) is 0 Å². The zero-order valence-corrected chi connectivity index (χ0v) is 40.1. The lowest BCUT2D eigenvalue weighted by Gasteiger charge is -2.21. The van der Waals surface area contributed by atoms with E-state index >= 15 is 0 Å². The molecule has 60 heavy (non-hydrogen) atoms. The highest BCUT2D eigenvalue weighted by molar-refractivity contribution is 5.80. The molecule has 1 amide bonds. The molecule has 0 aliphatic carbocycles. The van der Waals surface area contributed by atoms with Gasteiger partial charge in [0.25, 0.3) is 0 Å². The van der Waals surface area contributed by atoms with Crippen molar-refractivity contribution in [3.8, 4) is 0 Å². The molecule has 0 aromatic carbocycles. The SMILES string of the molecule is CCCCCCC/C=C/CC/C=C/CC/C=C/C(O)C(CO)NC(=O)C(O)CCCCCCCCCCCCCCCCC/C=C\CCCCCCCCCCCCCC. The van der Waals surface area contributed by atoms with Crippen LogP contribution in [0.5, 0.6) is 0 Å². The molecule has 3 unspecified atom stereocenters. The van der Waals surface area contributed by atoms with E-state index in [0.29, 0.717) is 6.42 Å². The van der Waals surface area contributed by atoms with Gasteiger partial charge in [-0.05, 0) is 70.6 Å². The lowest BCUT2D eigenvalue weighted by molar-refractivity contribution is -0.131. The van der Waals surface area contributed by atoms with E-state index in [2.05, 4.69) is 55.6 Å². The quantitative estimate of drug-likeness (QED) is 0.0363. The molecule has 0 rings (SSSR count). The first-order valence-electron chi connectivity index (χ1n) is 26.5. The van der Waals surface area contributed by atoms with Crippen LogP contribution in [0.25, 0.3) is 0 Å². The average Bonchev–Trinajstić information content (AvgIpc) is 3.25. The van der Waals surface area contributed by atoms with Crippen LogP contribution < -0.4 is 5.32 Å². The Balaban J connectivity index is 3.57. The predicted octanol–water partition coefficient (Wildman–Crippen LogP) is 16.1. The van der Waals surface area contributed by atoms with Gasteiger partial charge >= 0.3 is 0 Å². The number of aliphatic hydroxyl groups excluding tert-OH is 3. The molecule has 0 bridgehead atoms. The number of rotatable bonds is 48. The maximum absolute atomic E-state index is 12.5. The van der Waals surface area contributed by atoms with Gasteiger partial charge in [-0.25, -0.2) is 0 Å². The molecule has 0 radical (unpaired) electrons. The van der Waals surface area contributed by atoms with Crippen molar-refractivity contribution in [3.63, 3.8) is 0 Å². The summed E-state index contributed by atoms with van der Waals surface area (Å²) in [5.74, 6) is -0.516. The topological polar surface area (TPSA) is 89.8 Å². The number of unbranched alkanes of at least 4 members (excludes halogenated alkanes) is 34. The highest BCUT2D eigenvalue weighted by Crippen LogP contribution is 2.16. The van der Waals surface area contributed by atoms with Gasteiger partial charge in [-0.15, -0.1) is 0 Å². The lowest BCUT2D eigenvalue weighted by atomic mass is 10.0. The molecule has 0 saturated carbocycles. The molecule has 0 aromatic heterocycles. The first-order valence-corrected chi connectivity index (χ1v) is 26.5. The van der Waals surface area contributed by atoms with Gasteiger partial charge in [-0.1, -0.05) is 249 Å². The van der Waals surface area contributed by atoms with Crippen LogP contribution in [-0.2, 0) is 4.79 Å². The summed E-state index contributed by atoms with van der Waals surface area (Å²) in [6.07, 6.45) is 66.1. The summed E-state index contributed by atoms with van der Waals surface area (Å²) in [6, 6.07) is -0.821. The smallest absolute Gasteiger partial charge is 0.249 e. The van der Waals surface area contributed by atoms with Crippen molar-refractivity contribution in [2.75, 3.05) is 6.61 Å². The van der Waals surface area contributed by atoms with E-state index in [4.69, 9.17) is 0 Å². The molecule has 0 fully saturated rings. The van der Waals surface area contributed by atoms with E-state index in [-0.39, 0.29) is 6.61 Å². The minimum Gasteiger partial charge on any atom is -0.394 e. The Bertz CT molecular complexity index is 974. The summed E-state index contributed by atoms with van der Waals surface area (Å²) >= 11 is 0. The molecule has 0 saturated heterocycles. The molecule has 5 nitrogen and oxygen atoms in total. The fraction of sp³-hybridized carbons (Fsp3) is 0.836. The summed E-state index contributed by atoms with van der Waals surface area (Å²) in [4.78, 5) is 12.5. The van der Waals surface area contributed by atoms with Gasteiger partial charge in [0.1, 0.15) is 6.10 Å². The maximum Gasteiger partial charge on any atom is 0.249 e. The Kier molecular flexibility index (Phi) is 48.6. The Hall–Kier alpha value is -1.69. The van der Waals surface area contributed by atoms with E-state index in [0.717, 1.165) is 44.9 Å². The van der Waals surface area contributed by atoms with Crippen LogP contribution in [0.2, 0.25) is 0 Å². The Morgan fingerprint density at radius 2 is 0.683 bits per heavy atom. The summed E-state index contributed by atoms with van der Waals surface area (Å²) < 4.78 is 0. The summed E-state index contributed by atoms with van der Waals surface area (Å²) in [6.45, 7) is 4.16. The molecule has 3 atom stereocenters. The van der Waals surface area contributed by atoms with Gasteiger partial charge in [0, 0.05) is 0 Å². The van der Waals surface area contributed by atoms with Gasteiger partial charge in [-0.2, -0.15) is 0 Å². The zero-order valence-electron chi connectivity index (χ0n) is 40.1. The van der Waals surface area contributed by atoms with Crippen molar-refractivity contribution in [3.05, 3.63) is 48.6 Å².